The molecule has 10 heteroatoms. The van der Waals surface area contributed by atoms with Crippen molar-refractivity contribution in [2.24, 2.45) is 0 Å². The Labute approximate surface area is 65.0 Å². The summed E-state index contributed by atoms with van der Waals surface area (Å²) in [6, 6.07) is -4.53. The van der Waals surface area contributed by atoms with Crippen LogP contribution in [0.2, 0.25) is 0 Å². The smallest absolute Gasteiger partial charge is 0.264 e. The van der Waals surface area contributed by atoms with Crippen molar-refractivity contribution in [2.45, 2.75) is 6.05 Å². The lowest BCUT2D eigenvalue weighted by Gasteiger charge is -2.04. The van der Waals surface area contributed by atoms with Crippen LogP contribution in [0.25, 0.3) is 0 Å². The van der Waals surface area contributed by atoms with Crippen LogP contribution in [0.15, 0.2) is 0 Å². The Morgan fingerprint density at radius 3 is 2.25 bits per heavy atom. The highest BCUT2D eigenvalue weighted by molar-refractivity contribution is 7.80. The van der Waals surface area contributed by atoms with Gasteiger partial charge in [-0.05, 0) is 0 Å². The number of hydrogen-bond donors (Lipinski definition) is 1. The zero-order chi connectivity index (χ0) is 9.99. The summed E-state index contributed by atoms with van der Waals surface area (Å²) >= 11 is 0. The van der Waals surface area contributed by atoms with Crippen molar-refractivity contribution in [1.29, 1.82) is 0 Å². The van der Waals surface area contributed by atoms with Gasteiger partial charge in [0.15, 0.2) is 0 Å². The first kappa shape index (κ1) is 11.1. The van der Waals surface area contributed by atoms with Gasteiger partial charge in [-0.1, -0.05) is 0 Å². The molecule has 12 heavy (non-hydrogen) atoms. The van der Waals surface area contributed by atoms with Gasteiger partial charge in [-0.25, -0.2) is 4.18 Å². The van der Waals surface area contributed by atoms with Gasteiger partial charge < -0.3 is 0 Å². The molecule has 72 valence electrons. The topological polar surface area (TPSA) is 107 Å². The van der Waals surface area contributed by atoms with Crippen molar-refractivity contribution in [3.63, 3.8) is 0 Å². The van der Waals surface area contributed by atoms with E-state index in [1.54, 1.807) is 0 Å². The highest BCUT2D eigenvalue weighted by atomic mass is 32.3. The standard InChI is InChI=1S/C2H3F2NO6S/c3-2(4,5(6)7)1-11-12(8,9)10/h1H2,(H,8,9,10). The molecule has 0 aliphatic carbocycles. The summed E-state index contributed by atoms with van der Waals surface area (Å²) in [5.41, 5.74) is 0. The third kappa shape index (κ3) is 4.10. The first-order chi connectivity index (χ1) is 5.15. The quantitative estimate of drug-likeness (QED) is 0.293. The van der Waals surface area contributed by atoms with Gasteiger partial charge in [0, 0.05) is 0 Å². The molecule has 0 aromatic carbocycles. The van der Waals surface area contributed by atoms with E-state index >= 15 is 0 Å². The van der Waals surface area contributed by atoms with Gasteiger partial charge in [0.1, 0.15) is 0 Å². The fourth-order valence-electron chi connectivity index (χ4n) is 0.198. The van der Waals surface area contributed by atoms with Crippen molar-refractivity contribution < 1.29 is 30.9 Å². The monoisotopic (exact) mass is 207 g/mol. The van der Waals surface area contributed by atoms with E-state index in [0.29, 0.717) is 0 Å². The molecular formula is C2H3F2NO6S. The van der Waals surface area contributed by atoms with Gasteiger partial charge in [0.2, 0.25) is 6.61 Å². The van der Waals surface area contributed by atoms with Crippen LogP contribution in [0.5, 0.6) is 0 Å². The normalized spacial score (nSPS) is 12.9. The summed E-state index contributed by atoms with van der Waals surface area (Å²) in [5, 5.41) is 9.44. The van der Waals surface area contributed by atoms with E-state index in [1.807, 2.05) is 0 Å². The summed E-state index contributed by atoms with van der Waals surface area (Å²) in [5.74, 6) is 0. The van der Waals surface area contributed by atoms with Crippen LogP contribution in [0.4, 0.5) is 8.78 Å². The SMILES string of the molecule is O=[N+]([O-])C(F)(F)COS(=O)(=O)O. The lowest BCUT2D eigenvalue weighted by Crippen LogP contribution is -2.34. The average Bonchev–Trinajstić information content (AvgIpc) is 1.82. The lowest BCUT2D eigenvalue weighted by molar-refractivity contribution is -0.645. The molecule has 0 saturated carbocycles. The molecule has 0 heterocycles. The van der Waals surface area contributed by atoms with E-state index in [9.17, 15) is 27.3 Å². The average molecular weight is 207 g/mol. The molecule has 1 N–H and O–H groups in total. The third-order valence-electron chi connectivity index (χ3n) is 0.649. The maximum atomic E-state index is 11.9. The fourth-order valence-corrected chi connectivity index (χ4v) is 0.489. The minimum atomic E-state index is -5.08. The number of nitrogens with zero attached hydrogens (tertiary/aromatic N) is 1. The van der Waals surface area contributed by atoms with Crippen molar-refractivity contribution in [2.75, 3.05) is 6.61 Å². The Hall–Kier alpha value is -0.870. The zero-order valence-corrected chi connectivity index (χ0v) is 6.12. The van der Waals surface area contributed by atoms with Gasteiger partial charge >= 0.3 is 16.4 Å². The highest BCUT2D eigenvalue weighted by Crippen LogP contribution is 2.14. The van der Waals surface area contributed by atoms with Crippen LogP contribution in [0.3, 0.4) is 0 Å². The summed E-state index contributed by atoms with van der Waals surface area (Å²) in [6.07, 6.45) is 0. The molecule has 0 bridgehead atoms. The van der Waals surface area contributed by atoms with E-state index in [0.717, 1.165) is 0 Å². The number of nitro groups is 1. The summed E-state index contributed by atoms with van der Waals surface area (Å²) < 4.78 is 54.0. The van der Waals surface area contributed by atoms with E-state index in [1.165, 1.54) is 0 Å². The first-order valence-corrected chi connectivity index (χ1v) is 3.66. The van der Waals surface area contributed by atoms with Crippen LogP contribution >= 0.6 is 0 Å². The van der Waals surface area contributed by atoms with Crippen LogP contribution in [0.1, 0.15) is 0 Å². The zero-order valence-electron chi connectivity index (χ0n) is 5.31. The molecule has 0 amide bonds. The molecule has 0 atom stereocenters. The lowest BCUT2D eigenvalue weighted by atomic mass is 10.6. The van der Waals surface area contributed by atoms with Crippen LogP contribution in [0, 0.1) is 10.1 Å². The van der Waals surface area contributed by atoms with Crippen molar-refractivity contribution in [3.8, 4) is 0 Å². The molecule has 0 fully saturated rings. The van der Waals surface area contributed by atoms with Gasteiger partial charge in [-0.2, -0.15) is 8.42 Å². The molecule has 7 nitrogen and oxygen atoms in total. The second-order valence-electron chi connectivity index (χ2n) is 1.61. The molecule has 0 aromatic heterocycles. The number of hydrogen-bond acceptors (Lipinski definition) is 5. The summed E-state index contributed by atoms with van der Waals surface area (Å²) in [6.45, 7) is -2.03. The molecule has 0 radical (unpaired) electrons. The predicted molar refractivity (Wildman–Crippen MR) is 29.4 cm³/mol. The molecule has 0 aliphatic rings. The Kier molecular flexibility index (Phi) is 3.01. The summed E-state index contributed by atoms with van der Waals surface area (Å²) in [4.78, 5) is 7.41. The number of rotatable bonds is 4. The predicted octanol–water partition coefficient (Wildman–Crippen LogP) is -0.325. The van der Waals surface area contributed by atoms with Crippen molar-refractivity contribution >= 4 is 10.4 Å². The molecule has 0 aromatic rings. The molecule has 0 aliphatic heterocycles. The van der Waals surface area contributed by atoms with Crippen molar-refractivity contribution in [1.82, 2.24) is 0 Å². The Morgan fingerprint density at radius 1 is 1.58 bits per heavy atom. The number of alkyl halides is 2. The minimum Gasteiger partial charge on any atom is -0.264 e. The number of halogens is 2. The maximum Gasteiger partial charge on any atom is 0.535 e. The molecule has 0 rings (SSSR count). The Morgan fingerprint density at radius 2 is 2.00 bits per heavy atom. The molecule has 0 saturated heterocycles. The second kappa shape index (κ2) is 3.25. The molecule has 0 unspecified atom stereocenters. The van der Waals surface area contributed by atoms with Gasteiger partial charge in [0.25, 0.3) is 0 Å². The van der Waals surface area contributed by atoms with E-state index < -0.39 is 28.0 Å². The second-order valence-corrected chi connectivity index (χ2v) is 2.70. The van der Waals surface area contributed by atoms with Gasteiger partial charge in [0.05, 0.1) is 4.92 Å². The maximum absolute atomic E-state index is 11.9. The third-order valence-corrected chi connectivity index (χ3v) is 1.06. The van der Waals surface area contributed by atoms with Gasteiger partial charge in [-0.15, -0.1) is 8.78 Å². The van der Waals surface area contributed by atoms with Crippen molar-refractivity contribution in [3.05, 3.63) is 10.1 Å². The molecule has 0 spiro atoms. The largest absolute Gasteiger partial charge is 0.535 e. The highest BCUT2D eigenvalue weighted by Gasteiger charge is 2.45. The van der Waals surface area contributed by atoms with Crippen LogP contribution in [-0.2, 0) is 14.6 Å². The first-order valence-electron chi connectivity index (χ1n) is 2.29. The van der Waals surface area contributed by atoms with E-state index in [2.05, 4.69) is 4.18 Å². The van der Waals surface area contributed by atoms with Crippen LogP contribution < -0.4 is 0 Å². The minimum absolute atomic E-state index is 2.03. The molecular weight excluding hydrogens is 204 g/mol. The Bertz CT molecular complexity index is 271. The van der Waals surface area contributed by atoms with Crippen LogP contribution in [-0.4, -0.2) is 30.5 Å². The summed E-state index contributed by atoms with van der Waals surface area (Å²) in [7, 11) is -5.08. The fraction of sp³-hybridized carbons (Fsp3) is 1.00. The van der Waals surface area contributed by atoms with E-state index in [-0.39, 0.29) is 0 Å². The van der Waals surface area contributed by atoms with E-state index in [4.69, 9.17) is 4.55 Å². The Balaban J connectivity index is 4.20. The van der Waals surface area contributed by atoms with Gasteiger partial charge in [-0.3, -0.25) is 14.7 Å².